The van der Waals surface area contributed by atoms with E-state index in [0.717, 1.165) is 0 Å². The summed E-state index contributed by atoms with van der Waals surface area (Å²) in [5, 5.41) is 0. The van der Waals surface area contributed by atoms with Gasteiger partial charge in [0, 0.05) is 0 Å². The Balaban J connectivity index is 0. The molecule has 0 saturated heterocycles. The maximum absolute atomic E-state index is 0. The van der Waals surface area contributed by atoms with Gasteiger partial charge in [-0.1, -0.05) is 0 Å². The predicted octanol–water partition coefficient (Wildman–Crippen LogP) is -1.09. The third kappa shape index (κ3) is 143. The maximum Gasteiger partial charge on any atom is 3.00 e. The van der Waals surface area contributed by atoms with E-state index in [2.05, 4.69) is 0 Å². The quantitative estimate of drug-likeness (QED) is 0.387. The van der Waals surface area contributed by atoms with E-state index in [4.69, 9.17) is 0 Å². The van der Waals surface area contributed by atoms with Gasteiger partial charge < -0.3 is 21.9 Å². The molecule has 0 saturated carbocycles. The fourth-order valence-corrected chi connectivity index (χ4v) is 0. The van der Waals surface area contributed by atoms with Crippen LogP contribution in [0, 0.1) is 12.4 Å². The Bertz CT molecular complexity index is 7.51. The number of hydrogen-bond donors (Lipinski definition) is 0. The molecule has 0 rings (SSSR count). The van der Waals surface area contributed by atoms with Gasteiger partial charge in [-0.15, -0.1) is 0 Å². The second-order valence-electron chi connectivity index (χ2n) is 0. The van der Waals surface area contributed by atoms with Crippen molar-refractivity contribution in [2.24, 2.45) is 0 Å². The summed E-state index contributed by atoms with van der Waals surface area (Å²) in [5.41, 5.74) is 0. The largest absolute Gasteiger partial charge is 3.00 e. The molecule has 0 unspecified atom stereocenters. The summed E-state index contributed by atoms with van der Waals surface area (Å²) < 4.78 is 0. The first-order valence-electron chi connectivity index (χ1n) is 0. The molecule has 4 nitrogen and oxygen atoms in total. The van der Waals surface area contributed by atoms with Crippen LogP contribution in [0.4, 0.5) is 0 Å². The summed E-state index contributed by atoms with van der Waals surface area (Å²) in [5.74, 6) is 0. The molecule has 0 atom stereocenters. The molecule has 0 aromatic heterocycles. The minimum absolute atomic E-state index is 0. The molecule has 6 heavy (non-hydrogen) atoms. The second-order valence-corrected chi connectivity index (χ2v) is 0. The molecular weight excluding hydrogens is 126 g/mol. The van der Waals surface area contributed by atoms with Gasteiger partial charge in [-0.2, -0.15) is 0 Å². The van der Waals surface area contributed by atoms with Gasteiger partial charge >= 0.3 is 29.8 Å². The van der Waals surface area contributed by atoms with Gasteiger partial charge in [0.25, 0.3) is 0 Å². The van der Waals surface area contributed by atoms with Gasteiger partial charge in [-0.3, -0.25) is 0 Å². The minimum Gasteiger partial charge on any atom is -0.870 e. The molecule has 0 spiro atoms. The summed E-state index contributed by atoms with van der Waals surface area (Å²) in [6, 6.07) is 0. The molecule has 0 fully saturated rings. The van der Waals surface area contributed by atoms with Crippen LogP contribution < -0.4 is 0 Å². The van der Waals surface area contributed by atoms with Gasteiger partial charge in [0.2, 0.25) is 0 Å². The van der Waals surface area contributed by atoms with E-state index in [9.17, 15) is 0 Å². The second kappa shape index (κ2) is 280. The van der Waals surface area contributed by atoms with Crippen LogP contribution in [0.1, 0.15) is 0 Å². The predicted molar refractivity (Wildman–Crippen MR) is 13.5 cm³/mol. The van der Waals surface area contributed by atoms with Crippen LogP contribution in [-0.2, 0) is 0 Å². The Morgan fingerprint density at radius 1 is 0.500 bits per heavy atom. The average Bonchev–Trinajstić information content (AvgIpc) is 0. The van der Waals surface area contributed by atoms with Crippen molar-refractivity contribution in [3.63, 3.8) is 0 Å². The van der Waals surface area contributed by atoms with Crippen molar-refractivity contribution < 1.29 is 34.3 Å². The van der Waals surface area contributed by atoms with E-state index in [-0.39, 0.29) is 51.7 Å². The first kappa shape index (κ1) is 487. The SMILES string of the molecule is [Al+3].[Cl+].[OH-].[OH-].[OH-].[OH-]. The molecule has 2 radical (unpaired) electrons. The standard InChI is InChI=1S/Al.Cl.4H2O/h;;4*1H2/q+3;+1;;;;/p-4. The van der Waals surface area contributed by atoms with Gasteiger partial charge in [0.05, 0.1) is 0 Å². The van der Waals surface area contributed by atoms with E-state index in [1.807, 2.05) is 0 Å². The zero-order chi connectivity index (χ0) is 0. The summed E-state index contributed by atoms with van der Waals surface area (Å²) in [7, 11) is 0. The fourth-order valence-electron chi connectivity index (χ4n) is 0. The summed E-state index contributed by atoms with van der Waals surface area (Å²) >= 11 is 0. The molecule has 0 aliphatic heterocycles. The maximum atomic E-state index is 0. The van der Waals surface area contributed by atoms with Crippen molar-refractivity contribution >= 4 is 17.4 Å². The molecule has 0 amide bonds. The molecule has 0 bridgehead atoms. The first-order chi connectivity index (χ1) is 0. The van der Waals surface area contributed by atoms with Crippen molar-refractivity contribution in [1.29, 1.82) is 0 Å². The van der Waals surface area contributed by atoms with Gasteiger partial charge in [0.15, 0.2) is 0 Å². The Kier molecular flexibility index (Phi) is 22800. The van der Waals surface area contributed by atoms with E-state index >= 15 is 0 Å². The smallest absolute Gasteiger partial charge is 0.870 e. The summed E-state index contributed by atoms with van der Waals surface area (Å²) in [6.07, 6.45) is 0. The molecule has 0 aromatic carbocycles. The van der Waals surface area contributed by atoms with Gasteiger partial charge in [-0.25, -0.2) is 0 Å². The summed E-state index contributed by atoms with van der Waals surface area (Å²) in [6.45, 7) is 0. The van der Waals surface area contributed by atoms with Gasteiger partial charge in [0.1, 0.15) is 0 Å². The molecular formula is H4AlClO4. The minimum atomic E-state index is 0. The van der Waals surface area contributed by atoms with Crippen LogP contribution in [0.2, 0.25) is 0 Å². The molecule has 6 heteroatoms. The van der Waals surface area contributed by atoms with Gasteiger partial charge in [-0.05, 0) is 0 Å². The zero-order valence-electron chi connectivity index (χ0n) is 2.74. The third-order valence-corrected chi connectivity index (χ3v) is 0. The normalized spacial score (nSPS) is 0. The zero-order valence-corrected chi connectivity index (χ0v) is 4.65. The van der Waals surface area contributed by atoms with Crippen molar-refractivity contribution in [2.45, 2.75) is 0 Å². The van der Waals surface area contributed by atoms with Crippen LogP contribution in [0.5, 0.6) is 0 Å². The molecule has 4 N–H and O–H groups in total. The molecule has 0 heterocycles. The van der Waals surface area contributed by atoms with Crippen LogP contribution in [0.3, 0.4) is 0 Å². The third-order valence-electron chi connectivity index (χ3n) is 0. The van der Waals surface area contributed by atoms with Crippen LogP contribution in [0.15, 0.2) is 0 Å². The van der Waals surface area contributed by atoms with Crippen molar-refractivity contribution in [3.8, 4) is 0 Å². The van der Waals surface area contributed by atoms with Crippen molar-refractivity contribution in [3.05, 3.63) is 0 Å². The van der Waals surface area contributed by atoms with Crippen LogP contribution in [-0.4, -0.2) is 39.3 Å². The average molecular weight is 130 g/mol. The molecule has 0 aliphatic rings. The number of halogens is 1. The van der Waals surface area contributed by atoms with Crippen LogP contribution >= 0.6 is 0 Å². The van der Waals surface area contributed by atoms with Crippen LogP contribution in [0.25, 0.3) is 0 Å². The van der Waals surface area contributed by atoms with E-state index in [1.54, 1.807) is 0 Å². The van der Waals surface area contributed by atoms with Crippen molar-refractivity contribution in [2.75, 3.05) is 0 Å². The molecule has 0 aromatic rings. The van der Waals surface area contributed by atoms with E-state index < -0.39 is 0 Å². The topological polar surface area (TPSA) is 120 Å². The molecule has 38 valence electrons. The Hall–Kier alpha value is 0.662. The monoisotopic (exact) mass is 130 g/mol. The Labute approximate surface area is 52.3 Å². The first-order valence-corrected chi connectivity index (χ1v) is 0. The Morgan fingerprint density at radius 2 is 0.500 bits per heavy atom. The Morgan fingerprint density at radius 3 is 0.500 bits per heavy atom. The van der Waals surface area contributed by atoms with E-state index in [1.165, 1.54) is 0 Å². The van der Waals surface area contributed by atoms with Crippen molar-refractivity contribution in [1.82, 2.24) is 0 Å². The molecule has 0 aliphatic carbocycles. The summed E-state index contributed by atoms with van der Waals surface area (Å²) in [4.78, 5) is 0. The number of rotatable bonds is 0. The van der Waals surface area contributed by atoms with E-state index in [0.29, 0.717) is 0 Å². The number of hydrogen-bond acceptors (Lipinski definition) is 4. The fraction of sp³-hybridized carbons (Fsp3) is 0.